The lowest BCUT2D eigenvalue weighted by molar-refractivity contribution is -0.178. The van der Waals surface area contributed by atoms with E-state index in [2.05, 4.69) is 10.6 Å². The largest absolute Gasteiger partial charge is 0.355 e. The Hall–Kier alpha value is -0.560. The second-order valence-electron chi connectivity index (χ2n) is 4.38. The van der Waals surface area contributed by atoms with E-state index in [4.69, 9.17) is 32.7 Å². The summed E-state index contributed by atoms with van der Waals surface area (Å²) in [6, 6.07) is 0. The molecule has 20 heavy (non-hydrogen) atoms. The van der Waals surface area contributed by atoms with Crippen LogP contribution in [0, 0.1) is 0 Å². The molecule has 0 radical (unpaired) electrons. The zero-order valence-electron chi connectivity index (χ0n) is 11.2. The number of hydrogen-bond donors (Lipinski definition) is 2. The van der Waals surface area contributed by atoms with Gasteiger partial charge in [-0.2, -0.15) is 0 Å². The van der Waals surface area contributed by atoms with Crippen LogP contribution in [0.15, 0.2) is 0 Å². The lowest BCUT2D eigenvalue weighted by Gasteiger charge is -2.24. The van der Waals surface area contributed by atoms with Crippen molar-refractivity contribution in [1.82, 2.24) is 10.6 Å². The molecule has 1 saturated heterocycles. The van der Waals surface area contributed by atoms with Gasteiger partial charge in [-0.1, -0.05) is 11.6 Å². The number of rotatable bonds is 8. The third-order valence-electron chi connectivity index (χ3n) is 2.71. The lowest BCUT2D eigenvalue weighted by Crippen LogP contribution is -2.38. The number of hydrogen-bond acceptors (Lipinski definition) is 4. The van der Waals surface area contributed by atoms with E-state index in [0.717, 1.165) is 19.3 Å². The maximum absolute atomic E-state index is 11.6. The van der Waals surface area contributed by atoms with Crippen molar-refractivity contribution in [1.29, 1.82) is 0 Å². The fourth-order valence-corrected chi connectivity index (χ4v) is 1.96. The number of alkyl halides is 2. The molecule has 0 spiro atoms. The summed E-state index contributed by atoms with van der Waals surface area (Å²) < 4.78 is 10.6. The molecule has 1 aliphatic rings. The van der Waals surface area contributed by atoms with E-state index in [1.807, 2.05) is 0 Å². The van der Waals surface area contributed by atoms with Gasteiger partial charge in [0.2, 0.25) is 11.5 Å². The lowest BCUT2D eigenvalue weighted by atomic mass is 10.2. The fourth-order valence-electron chi connectivity index (χ4n) is 1.67. The van der Waals surface area contributed by atoms with Crippen LogP contribution in [0.25, 0.3) is 0 Å². The molecule has 8 heteroatoms. The van der Waals surface area contributed by atoms with Crippen LogP contribution in [0.4, 0.5) is 0 Å². The maximum Gasteiger partial charge on any atom is 0.264 e. The van der Waals surface area contributed by atoms with E-state index in [0.29, 0.717) is 26.1 Å². The smallest absolute Gasteiger partial charge is 0.264 e. The monoisotopic (exact) mass is 326 g/mol. The Morgan fingerprint density at radius 2 is 2.05 bits per heavy atom. The number of carbonyl (C=O) groups is 2. The van der Waals surface area contributed by atoms with E-state index in [-0.39, 0.29) is 11.8 Å². The predicted molar refractivity (Wildman–Crippen MR) is 75.7 cm³/mol. The number of amides is 2. The van der Waals surface area contributed by atoms with Crippen LogP contribution >= 0.6 is 23.2 Å². The molecule has 0 aliphatic carbocycles. The summed E-state index contributed by atoms with van der Waals surface area (Å²) in [5.41, 5.74) is -1.06. The van der Waals surface area contributed by atoms with Crippen molar-refractivity contribution in [3.8, 4) is 0 Å². The highest BCUT2D eigenvalue weighted by molar-refractivity contribution is 6.29. The van der Waals surface area contributed by atoms with Crippen molar-refractivity contribution in [3.63, 3.8) is 0 Å². The summed E-state index contributed by atoms with van der Waals surface area (Å²) in [5.74, 6) is -0.693. The molecular formula is C12H20Cl2N2O4. The SMILES string of the molecule is O=C(CCl)NCCCNC(=O)C(Cl)OC1CCCCO1. The van der Waals surface area contributed by atoms with Gasteiger partial charge in [0.05, 0.1) is 0 Å². The van der Waals surface area contributed by atoms with Gasteiger partial charge < -0.3 is 20.1 Å². The first kappa shape index (κ1) is 17.5. The summed E-state index contributed by atoms with van der Waals surface area (Å²) in [4.78, 5) is 22.5. The summed E-state index contributed by atoms with van der Waals surface area (Å²) in [6.07, 6.45) is 2.96. The van der Waals surface area contributed by atoms with Crippen molar-refractivity contribution < 1.29 is 19.1 Å². The molecule has 0 bridgehead atoms. The number of halogens is 2. The predicted octanol–water partition coefficient (Wildman–Crippen LogP) is 0.956. The summed E-state index contributed by atoms with van der Waals surface area (Å²) in [6.45, 7) is 1.49. The van der Waals surface area contributed by atoms with E-state index in [1.54, 1.807) is 0 Å². The number of carbonyl (C=O) groups excluding carboxylic acids is 2. The zero-order chi connectivity index (χ0) is 14.8. The minimum atomic E-state index is -1.06. The molecule has 6 nitrogen and oxygen atoms in total. The summed E-state index contributed by atoms with van der Waals surface area (Å²) in [5, 5.41) is 5.22. The third kappa shape index (κ3) is 7.28. The fraction of sp³-hybridized carbons (Fsp3) is 0.833. The van der Waals surface area contributed by atoms with Crippen LogP contribution in [0.1, 0.15) is 25.7 Å². The number of nitrogens with one attached hydrogen (secondary N) is 2. The average Bonchev–Trinajstić information content (AvgIpc) is 2.47. The van der Waals surface area contributed by atoms with Gasteiger partial charge >= 0.3 is 0 Å². The maximum atomic E-state index is 11.6. The molecule has 0 aromatic heterocycles. The normalized spacial score (nSPS) is 20.2. The molecule has 1 aliphatic heterocycles. The second kappa shape index (κ2) is 10.2. The molecular weight excluding hydrogens is 307 g/mol. The van der Waals surface area contributed by atoms with E-state index in [9.17, 15) is 9.59 Å². The summed E-state index contributed by atoms with van der Waals surface area (Å²) >= 11 is 11.2. The van der Waals surface area contributed by atoms with Gasteiger partial charge in [0.15, 0.2) is 6.29 Å². The van der Waals surface area contributed by atoms with Crippen molar-refractivity contribution in [3.05, 3.63) is 0 Å². The number of ether oxygens (including phenoxy) is 2. The highest BCUT2D eigenvalue weighted by atomic mass is 35.5. The Bertz CT molecular complexity index is 312. The Kier molecular flexibility index (Phi) is 8.93. The molecule has 1 fully saturated rings. The molecule has 2 unspecified atom stereocenters. The quantitative estimate of drug-likeness (QED) is 0.514. The van der Waals surface area contributed by atoms with Gasteiger partial charge in [-0.15, -0.1) is 11.6 Å². The molecule has 0 saturated carbocycles. The highest BCUT2D eigenvalue weighted by Gasteiger charge is 2.22. The first-order valence-electron chi connectivity index (χ1n) is 6.65. The Morgan fingerprint density at radius 1 is 1.30 bits per heavy atom. The van der Waals surface area contributed by atoms with Crippen molar-refractivity contribution in [2.45, 2.75) is 37.5 Å². The Labute approximate surface area is 128 Å². The molecule has 1 heterocycles. The van der Waals surface area contributed by atoms with Crippen LogP contribution in [-0.2, 0) is 19.1 Å². The topological polar surface area (TPSA) is 76.7 Å². The summed E-state index contributed by atoms with van der Waals surface area (Å²) in [7, 11) is 0. The van der Waals surface area contributed by atoms with Crippen LogP contribution in [-0.4, -0.2) is 49.2 Å². The molecule has 0 aromatic rings. The van der Waals surface area contributed by atoms with Gasteiger partial charge in [0.25, 0.3) is 5.91 Å². The van der Waals surface area contributed by atoms with E-state index >= 15 is 0 Å². The standard InChI is InChI=1S/C12H20Cl2N2O4/c13-8-9(17)15-5-3-6-16-12(18)11(14)20-10-4-1-2-7-19-10/h10-11H,1-8H2,(H,15,17)(H,16,18). The Balaban J connectivity index is 2.07. The minimum Gasteiger partial charge on any atom is -0.355 e. The molecule has 1 rings (SSSR count). The van der Waals surface area contributed by atoms with E-state index in [1.165, 1.54) is 0 Å². The highest BCUT2D eigenvalue weighted by Crippen LogP contribution is 2.16. The molecule has 0 aromatic carbocycles. The second-order valence-corrected chi connectivity index (χ2v) is 5.04. The van der Waals surface area contributed by atoms with Crippen LogP contribution in [0.2, 0.25) is 0 Å². The first-order valence-corrected chi connectivity index (χ1v) is 7.62. The molecule has 116 valence electrons. The van der Waals surface area contributed by atoms with Gasteiger partial charge in [0, 0.05) is 19.7 Å². The molecule has 2 N–H and O–H groups in total. The third-order valence-corrected chi connectivity index (χ3v) is 3.26. The molecule has 2 amide bonds. The van der Waals surface area contributed by atoms with Crippen LogP contribution < -0.4 is 10.6 Å². The van der Waals surface area contributed by atoms with Gasteiger partial charge in [-0.25, -0.2) is 0 Å². The van der Waals surface area contributed by atoms with Crippen LogP contribution in [0.5, 0.6) is 0 Å². The van der Waals surface area contributed by atoms with Gasteiger partial charge in [-0.05, 0) is 25.7 Å². The minimum absolute atomic E-state index is 0.0641. The van der Waals surface area contributed by atoms with Gasteiger partial charge in [-0.3, -0.25) is 9.59 Å². The van der Waals surface area contributed by atoms with Crippen molar-refractivity contribution >= 4 is 35.0 Å². The van der Waals surface area contributed by atoms with Gasteiger partial charge in [0.1, 0.15) is 5.88 Å². The zero-order valence-corrected chi connectivity index (χ0v) is 12.7. The first-order chi connectivity index (χ1) is 9.63. The Morgan fingerprint density at radius 3 is 2.70 bits per heavy atom. The van der Waals surface area contributed by atoms with Crippen LogP contribution in [0.3, 0.4) is 0 Å². The van der Waals surface area contributed by atoms with E-state index < -0.39 is 17.8 Å². The van der Waals surface area contributed by atoms with Crippen molar-refractivity contribution in [2.75, 3.05) is 25.6 Å². The average molecular weight is 327 g/mol. The van der Waals surface area contributed by atoms with Crippen molar-refractivity contribution in [2.24, 2.45) is 0 Å². The molecule has 2 atom stereocenters.